The molecule has 2 aromatic heterocycles. The number of pyridine rings is 1. The van der Waals surface area contributed by atoms with Gasteiger partial charge in [-0.3, -0.25) is 4.79 Å². The van der Waals surface area contributed by atoms with Gasteiger partial charge in [-0.05, 0) is 66.6 Å². The summed E-state index contributed by atoms with van der Waals surface area (Å²) < 4.78 is 24.3. The number of aliphatic hydroxyl groups excluding tert-OH is 1. The van der Waals surface area contributed by atoms with Crippen LogP contribution in [0.15, 0.2) is 60.8 Å². The molecule has 3 aromatic carbocycles. The van der Waals surface area contributed by atoms with Gasteiger partial charge in [0.1, 0.15) is 11.6 Å². The van der Waals surface area contributed by atoms with Crippen LogP contribution in [0.1, 0.15) is 15.9 Å². The highest BCUT2D eigenvalue weighted by Crippen LogP contribution is 2.40. The number of H-pyrrole nitrogens is 1. The van der Waals surface area contributed by atoms with Crippen LogP contribution in [0.3, 0.4) is 0 Å². The Morgan fingerprint density at radius 1 is 1.05 bits per heavy atom. The Kier molecular flexibility index (Phi) is 6.95. The van der Waals surface area contributed by atoms with Crippen LogP contribution >= 0.6 is 0 Å². The molecule has 5 rings (SSSR count). The van der Waals surface area contributed by atoms with Gasteiger partial charge in [0.25, 0.3) is 5.91 Å². The second-order valence-electron chi connectivity index (χ2n) is 9.05. The van der Waals surface area contributed by atoms with Crippen LogP contribution in [0.4, 0.5) is 4.39 Å². The molecule has 0 fully saturated rings. The number of benzene rings is 3. The van der Waals surface area contributed by atoms with E-state index in [2.05, 4.69) is 15.3 Å². The number of aromatic amines is 1. The number of nitrogens with one attached hydrogen (secondary N) is 2. The minimum Gasteiger partial charge on any atom is -0.504 e. The lowest BCUT2D eigenvalue weighted by molar-refractivity contribution is 0.0918. The summed E-state index contributed by atoms with van der Waals surface area (Å²) in [6, 6.07) is 13.2. The number of nitrogens with zero attached hydrogens (tertiary/aromatic N) is 1. The van der Waals surface area contributed by atoms with Crippen LogP contribution < -0.4 is 14.8 Å². The van der Waals surface area contributed by atoms with Crippen LogP contribution in [0.25, 0.3) is 33.1 Å². The number of carbonyl (C=O) groups excluding carboxylic acids is 1. The van der Waals surface area contributed by atoms with Gasteiger partial charge >= 0.3 is 0 Å². The summed E-state index contributed by atoms with van der Waals surface area (Å²) >= 11 is 0. The van der Waals surface area contributed by atoms with E-state index in [1.807, 2.05) is 0 Å². The lowest BCUT2D eigenvalue weighted by Gasteiger charge is -2.18. The largest absolute Gasteiger partial charge is 0.504 e. The molecule has 0 saturated carbocycles. The van der Waals surface area contributed by atoms with Gasteiger partial charge in [0.2, 0.25) is 5.75 Å². The summed E-state index contributed by atoms with van der Waals surface area (Å²) in [4.78, 5) is 21.3. The molecule has 0 unspecified atom stereocenters. The van der Waals surface area contributed by atoms with Crippen molar-refractivity contribution in [3.63, 3.8) is 0 Å². The molecule has 39 heavy (non-hydrogen) atoms. The number of aromatic nitrogens is 2. The predicted molar refractivity (Wildman–Crippen MR) is 144 cm³/mol. The van der Waals surface area contributed by atoms with E-state index < -0.39 is 23.4 Å². The number of amides is 1. The van der Waals surface area contributed by atoms with E-state index in [9.17, 15) is 24.5 Å². The monoisotopic (exact) mass is 531 g/mol. The van der Waals surface area contributed by atoms with Crippen molar-refractivity contribution in [3.05, 3.63) is 77.7 Å². The van der Waals surface area contributed by atoms with Gasteiger partial charge < -0.3 is 35.1 Å². The van der Waals surface area contributed by atoms with Gasteiger partial charge in [-0.2, -0.15) is 0 Å². The fourth-order valence-electron chi connectivity index (χ4n) is 4.57. The maximum Gasteiger partial charge on any atom is 0.252 e. The number of hydrogen-bond donors (Lipinski definition) is 5. The zero-order chi connectivity index (χ0) is 27.7. The van der Waals surface area contributed by atoms with Crippen LogP contribution in [-0.2, 0) is 6.42 Å². The average molecular weight is 532 g/mol. The number of carbonyl (C=O) groups is 1. The molecule has 200 valence electrons. The summed E-state index contributed by atoms with van der Waals surface area (Å²) in [7, 11) is 2.87. The van der Waals surface area contributed by atoms with Crippen molar-refractivity contribution in [2.24, 2.45) is 0 Å². The number of aliphatic hydroxyl groups is 1. The fraction of sp³-hybridized carbons (Fsp3) is 0.172. The number of phenolic OH excluding ortho intramolecular Hbond substituents is 2. The van der Waals surface area contributed by atoms with Crippen molar-refractivity contribution >= 4 is 27.7 Å². The van der Waals surface area contributed by atoms with Gasteiger partial charge in [-0.25, -0.2) is 9.37 Å². The molecular formula is C29H26FN3O6. The predicted octanol–water partition coefficient (Wildman–Crippen LogP) is 4.28. The molecule has 2 heterocycles. The Labute approximate surface area is 222 Å². The van der Waals surface area contributed by atoms with Gasteiger partial charge in [-0.1, -0.05) is 0 Å². The molecule has 0 aliphatic rings. The summed E-state index contributed by atoms with van der Waals surface area (Å²) in [6.07, 6.45) is 1.99. The Balaban J connectivity index is 1.54. The second-order valence-corrected chi connectivity index (χ2v) is 9.05. The van der Waals surface area contributed by atoms with Crippen molar-refractivity contribution in [2.45, 2.75) is 12.5 Å². The minimum atomic E-state index is -0.671. The van der Waals surface area contributed by atoms with Gasteiger partial charge in [0.05, 0.1) is 43.6 Å². The standard InChI is InChI=1S/C29H26FN3O6/c1-38-19-4-6-24-21(11-19)22(12-25(33-24)15-8-26(35)28(36)27(9-15)39-2)29(37)32-18(14-34)7-16-13-31-23-5-3-17(30)10-20(16)23/h3-6,8-13,18,31,34-36H,7,14H2,1-2H3,(H,32,37)/t18-/m1/s1. The van der Waals surface area contributed by atoms with Gasteiger partial charge in [0, 0.05) is 28.0 Å². The number of phenols is 2. The molecule has 5 N–H and O–H groups in total. The smallest absolute Gasteiger partial charge is 0.252 e. The van der Waals surface area contributed by atoms with Crippen molar-refractivity contribution in [2.75, 3.05) is 20.8 Å². The molecule has 0 aliphatic heterocycles. The first-order chi connectivity index (χ1) is 18.8. The Morgan fingerprint density at radius 3 is 2.62 bits per heavy atom. The molecule has 1 amide bonds. The van der Waals surface area contributed by atoms with Crippen LogP contribution in [-0.4, -0.2) is 58.1 Å². The number of aromatic hydroxyl groups is 2. The first-order valence-electron chi connectivity index (χ1n) is 12.1. The molecule has 10 heteroatoms. The maximum atomic E-state index is 13.8. The third-order valence-corrected chi connectivity index (χ3v) is 6.58. The topological polar surface area (TPSA) is 137 Å². The number of hydrogen-bond acceptors (Lipinski definition) is 7. The molecule has 1 atom stereocenters. The van der Waals surface area contributed by atoms with Crippen molar-refractivity contribution in [1.82, 2.24) is 15.3 Å². The van der Waals surface area contributed by atoms with Crippen molar-refractivity contribution in [1.29, 1.82) is 0 Å². The van der Waals surface area contributed by atoms with E-state index in [1.54, 1.807) is 36.5 Å². The number of methoxy groups -OCH3 is 2. The lowest BCUT2D eigenvalue weighted by Crippen LogP contribution is -2.39. The SMILES string of the molecule is COc1ccc2nc(-c3cc(O)c(O)c(OC)c3)cc(C(=O)N[C@@H](CO)Cc3c[nH]c4ccc(F)cc34)c2c1. The molecular weight excluding hydrogens is 505 g/mol. The zero-order valence-electron chi connectivity index (χ0n) is 21.2. The van der Waals surface area contributed by atoms with Gasteiger partial charge in [0.15, 0.2) is 11.5 Å². The van der Waals surface area contributed by atoms with Crippen molar-refractivity contribution in [3.8, 4) is 34.3 Å². The molecule has 0 radical (unpaired) electrons. The van der Waals surface area contributed by atoms with Crippen LogP contribution in [0.5, 0.6) is 23.0 Å². The van der Waals surface area contributed by atoms with Gasteiger partial charge in [-0.15, -0.1) is 0 Å². The van der Waals surface area contributed by atoms with Crippen molar-refractivity contribution < 1.29 is 34.0 Å². The Hall–Kier alpha value is -4.83. The van der Waals surface area contributed by atoms with Crippen LogP contribution in [0.2, 0.25) is 0 Å². The summed E-state index contributed by atoms with van der Waals surface area (Å²) in [6.45, 7) is -0.351. The quantitative estimate of drug-likeness (QED) is 0.189. The maximum absolute atomic E-state index is 13.8. The fourth-order valence-corrected chi connectivity index (χ4v) is 4.57. The first-order valence-corrected chi connectivity index (χ1v) is 12.1. The highest BCUT2D eigenvalue weighted by atomic mass is 19.1. The summed E-state index contributed by atoms with van der Waals surface area (Å²) in [5.41, 5.74) is 2.99. The number of rotatable bonds is 8. The Morgan fingerprint density at radius 2 is 1.87 bits per heavy atom. The summed E-state index contributed by atoms with van der Waals surface area (Å²) in [5.74, 6) is -1.10. The normalized spacial score (nSPS) is 12.0. The third-order valence-electron chi connectivity index (χ3n) is 6.58. The van der Waals surface area contributed by atoms with E-state index >= 15 is 0 Å². The number of halogens is 1. The molecule has 0 aliphatic carbocycles. The minimum absolute atomic E-state index is 0.0446. The molecule has 9 nitrogen and oxygen atoms in total. The van der Waals surface area contributed by atoms with E-state index in [-0.39, 0.29) is 30.2 Å². The summed E-state index contributed by atoms with van der Waals surface area (Å²) in [5, 5.41) is 34.4. The molecule has 0 bridgehead atoms. The van der Waals surface area contributed by atoms with E-state index in [0.29, 0.717) is 33.3 Å². The second kappa shape index (κ2) is 10.5. The van der Waals surface area contributed by atoms with E-state index in [1.165, 1.54) is 38.5 Å². The lowest BCUT2D eigenvalue weighted by atomic mass is 10.0. The molecule has 5 aromatic rings. The van der Waals surface area contributed by atoms with Crippen LogP contribution in [0, 0.1) is 5.82 Å². The third kappa shape index (κ3) is 5.01. The average Bonchev–Trinajstić information content (AvgIpc) is 3.34. The van der Waals surface area contributed by atoms with E-state index in [0.717, 1.165) is 11.1 Å². The number of ether oxygens (including phenoxy) is 2. The first kappa shape index (κ1) is 25.8. The number of fused-ring (bicyclic) bond motifs is 2. The molecule has 0 saturated heterocycles. The molecule has 0 spiro atoms. The zero-order valence-corrected chi connectivity index (χ0v) is 21.2. The highest BCUT2D eigenvalue weighted by Gasteiger charge is 2.21. The van der Waals surface area contributed by atoms with E-state index in [4.69, 9.17) is 9.47 Å². The Bertz CT molecular complexity index is 1700. The highest BCUT2D eigenvalue weighted by molar-refractivity contribution is 6.07.